The van der Waals surface area contributed by atoms with Crippen LogP contribution in [0.15, 0.2) is 0 Å². The van der Waals surface area contributed by atoms with Crippen LogP contribution in [-0.4, -0.2) is 19.0 Å². The van der Waals surface area contributed by atoms with E-state index in [4.69, 9.17) is 4.74 Å². The van der Waals surface area contributed by atoms with Gasteiger partial charge in [-0.2, -0.15) is 0 Å². The Bertz CT molecular complexity index is 155. The van der Waals surface area contributed by atoms with Gasteiger partial charge < -0.3 is 4.74 Å². The fraction of sp³-hybridized carbons (Fsp3) is 0.929. The SMILES string of the molecule is CCCCCCCCC(=O)CCOCCC. The molecule has 2 nitrogen and oxygen atoms in total. The first-order chi connectivity index (χ1) is 7.81. The van der Waals surface area contributed by atoms with Crippen molar-refractivity contribution in [2.75, 3.05) is 13.2 Å². The second-order valence-electron chi connectivity index (χ2n) is 4.42. The molecule has 0 bridgehead atoms. The summed E-state index contributed by atoms with van der Waals surface area (Å²) in [6.45, 7) is 5.70. The van der Waals surface area contributed by atoms with E-state index >= 15 is 0 Å². The maximum Gasteiger partial charge on any atom is 0.135 e. The summed E-state index contributed by atoms with van der Waals surface area (Å²) in [5, 5.41) is 0. The van der Waals surface area contributed by atoms with Gasteiger partial charge in [-0.05, 0) is 12.8 Å². The number of ether oxygens (including phenoxy) is 1. The first-order valence-corrected chi connectivity index (χ1v) is 6.90. The maximum absolute atomic E-state index is 11.4. The Morgan fingerprint density at radius 2 is 1.50 bits per heavy atom. The van der Waals surface area contributed by atoms with E-state index in [1.165, 1.54) is 32.1 Å². The predicted molar refractivity (Wildman–Crippen MR) is 68.7 cm³/mol. The lowest BCUT2D eigenvalue weighted by Gasteiger charge is -2.02. The Labute approximate surface area is 101 Å². The van der Waals surface area contributed by atoms with E-state index in [0.29, 0.717) is 18.8 Å². The van der Waals surface area contributed by atoms with Gasteiger partial charge in [-0.25, -0.2) is 0 Å². The molecule has 0 fully saturated rings. The third-order valence-corrected chi connectivity index (χ3v) is 2.68. The number of carbonyl (C=O) groups is 1. The quantitative estimate of drug-likeness (QED) is 0.470. The van der Waals surface area contributed by atoms with Crippen molar-refractivity contribution in [3.8, 4) is 0 Å². The minimum absolute atomic E-state index is 0.367. The molecule has 0 N–H and O–H groups in total. The van der Waals surface area contributed by atoms with Crippen LogP contribution in [0.3, 0.4) is 0 Å². The van der Waals surface area contributed by atoms with Gasteiger partial charge in [0.2, 0.25) is 0 Å². The molecular weight excluding hydrogens is 200 g/mol. The second kappa shape index (κ2) is 12.7. The van der Waals surface area contributed by atoms with Gasteiger partial charge in [0.25, 0.3) is 0 Å². The summed E-state index contributed by atoms with van der Waals surface area (Å²) >= 11 is 0. The highest BCUT2D eigenvalue weighted by molar-refractivity contribution is 5.78. The van der Waals surface area contributed by atoms with E-state index in [1.54, 1.807) is 0 Å². The third-order valence-electron chi connectivity index (χ3n) is 2.68. The van der Waals surface area contributed by atoms with Gasteiger partial charge in [-0.1, -0.05) is 46.0 Å². The van der Waals surface area contributed by atoms with Crippen LogP contribution in [0.5, 0.6) is 0 Å². The lowest BCUT2D eigenvalue weighted by atomic mass is 10.1. The van der Waals surface area contributed by atoms with E-state index in [9.17, 15) is 4.79 Å². The molecule has 0 rings (SSSR count). The fourth-order valence-corrected chi connectivity index (χ4v) is 1.66. The van der Waals surface area contributed by atoms with E-state index in [0.717, 1.165) is 25.9 Å². The van der Waals surface area contributed by atoms with Crippen LogP contribution in [0.25, 0.3) is 0 Å². The smallest absolute Gasteiger partial charge is 0.135 e. The van der Waals surface area contributed by atoms with Crippen molar-refractivity contribution < 1.29 is 9.53 Å². The van der Waals surface area contributed by atoms with E-state index < -0.39 is 0 Å². The molecule has 0 atom stereocenters. The molecule has 0 radical (unpaired) electrons. The van der Waals surface area contributed by atoms with Gasteiger partial charge >= 0.3 is 0 Å². The first kappa shape index (κ1) is 15.6. The monoisotopic (exact) mass is 228 g/mol. The number of carbonyl (C=O) groups excluding carboxylic acids is 1. The van der Waals surface area contributed by atoms with Gasteiger partial charge in [-0.15, -0.1) is 0 Å². The van der Waals surface area contributed by atoms with Gasteiger partial charge in [0.05, 0.1) is 6.61 Å². The highest BCUT2D eigenvalue weighted by Gasteiger charge is 2.01. The topological polar surface area (TPSA) is 26.3 Å². The number of ketones is 1. The highest BCUT2D eigenvalue weighted by Crippen LogP contribution is 2.07. The maximum atomic E-state index is 11.4. The van der Waals surface area contributed by atoms with Crippen LogP contribution in [0.1, 0.15) is 71.6 Å². The van der Waals surface area contributed by atoms with Crippen LogP contribution < -0.4 is 0 Å². The molecule has 2 heteroatoms. The number of unbranched alkanes of at least 4 members (excludes halogenated alkanes) is 5. The Morgan fingerprint density at radius 1 is 0.812 bits per heavy atom. The molecule has 0 aromatic heterocycles. The summed E-state index contributed by atoms with van der Waals surface area (Å²) in [4.78, 5) is 11.4. The number of rotatable bonds is 12. The van der Waals surface area contributed by atoms with Gasteiger partial charge in [-0.3, -0.25) is 4.79 Å². The average Bonchev–Trinajstić information content (AvgIpc) is 2.29. The summed E-state index contributed by atoms with van der Waals surface area (Å²) in [6, 6.07) is 0. The molecule has 0 aliphatic rings. The minimum atomic E-state index is 0.367. The molecule has 0 unspecified atom stereocenters. The number of hydrogen-bond donors (Lipinski definition) is 0. The number of Topliss-reactive ketones (excluding diaryl/α,β-unsaturated/α-hetero) is 1. The summed E-state index contributed by atoms with van der Waals surface area (Å²) in [5.74, 6) is 0.367. The molecule has 0 saturated carbocycles. The van der Waals surface area contributed by atoms with E-state index in [-0.39, 0.29) is 0 Å². The van der Waals surface area contributed by atoms with Crippen LogP contribution in [-0.2, 0) is 9.53 Å². The summed E-state index contributed by atoms with van der Waals surface area (Å²) in [5.41, 5.74) is 0. The Morgan fingerprint density at radius 3 is 2.19 bits per heavy atom. The predicted octanol–water partition coefficient (Wildman–Crippen LogP) is 4.12. The van der Waals surface area contributed by atoms with Crippen molar-refractivity contribution in [1.82, 2.24) is 0 Å². The molecule has 0 saturated heterocycles. The summed E-state index contributed by atoms with van der Waals surface area (Å²) in [6.07, 6.45) is 9.89. The highest BCUT2D eigenvalue weighted by atomic mass is 16.5. The zero-order valence-electron chi connectivity index (χ0n) is 11.1. The van der Waals surface area contributed by atoms with Gasteiger partial charge in [0.1, 0.15) is 5.78 Å². The molecule has 96 valence electrons. The minimum Gasteiger partial charge on any atom is -0.381 e. The summed E-state index contributed by atoms with van der Waals surface area (Å²) in [7, 11) is 0. The van der Waals surface area contributed by atoms with Crippen molar-refractivity contribution in [2.24, 2.45) is 0 Å². The largest absolute Gasteiger partial charge is 0.381 e. The van der Waals surface area contributed by atoms with Crippen molar-refractivity contribution in [1.29, 1.82) is 0 Å². The van der Waals surface area contributed by atoms with Crippen LogP contribution >= 0.6 is 0 Å². The molecule has 0 amide bonds. The lowest BCUT2D eigenvalue weighted by Crippen LogP contribution is -2.04. The molecular formula is C14H28O2. The molecule has 0 aromatic carbocycles. The molecule has 0 aliphatic heterocycles. The van der Waals surface area contributed by atoms with Crippen molar-refractivity contribution in [3.05, 3.63) is 0 Å². The second-order valence-corrected chi connectivity index (χ2v) is 4.42. The Kier molecular flexibility index (Phi) is 12.4. The van der Waals surface area contributed by atoms with Gasteiger partial charge in [0.15, 0.2) is 0 Å². The average molecular weight is 228 g/mol. The number of hydrogen-bond acceptors (Lipinski definition) is 2. The molecule has 16 heavy (non-hydrogen) atoms. The lowest BCUT2D eigenvalue weighted by molar-refractivity contribution is -0.120. The normalized spacial score (nSPS) is 10.6. The van der Waals surface area contributed by atoms with Crippen LogP contribution in [0.2, 0.25) is 0 Å². The van der Waals surface area contributed by atoms with Crippen molar-refractivity contribution in [2.45, 2.75) is 71.6 Å². The summed E-state index contributed by atoms with van der Waals surface area (Å²) < 4.78 is 5.29. The standard InChI is InChI=1S/C14H28O2/c1-3-5-6-7-8-9-10-14(15)11-13-16-12-4-2/h3-13H2,1-2H3. The van der Waals surface area contributed by atoms with Crippen molar-refractivity contribution in [3.63, 3.8) is 0 Å². The van der Waals surface area contributed by atoms with Crippen LogP contribution in [0, 0.1) is 0 Å². The zero-order valence-corrected chi connectivity index (χ0v) is 11.1. The molecule has 0 aliphatic carbocycles. The zero-order chi connectivity index (χ0) is 12.1. The Hall–Kier alpha value is -0.370. The van der Waals surface area contributed by atoms with E-state index in [2.05, 4.69) is 13.8 Å². The fourth-order valence-electron chi connectivity index (χ4n) is 1.66. The molecule has 0 aromatic rings. The first-order valence-electron chi connectivity index (χ1n) is 6.90. The van der Waals surface area contributed by atoms with Gasteiger partial charge in [0, 0.05) is 19.4 Å². The van der Waals surface area contributed by atoms with Crippen molar-refractivity contribution >= 4 is 5.78 Å². The molecule has 0 spiro atoms. The Balaban J connectivity index is 3.11. The van der Waals surface area contributed by atoms with E-state index in [1.807, 2.05) is 0 Å². The third kappa shape index (κ3) is 11.7. The molecule has 0 heterocycles. The van der Waals surface area contributed by atoms with Crippen LogP contribution in [0.4, 0.5) is 0 Å².